The smallest absolute Gasteiger partial charge is 0.329 e. The molecule has 2 fully saturated rings. The predicted octanol–water partition coefficient (Wildman–Crippen LogP) is 2.50. The molecule has 0 radical (unpaired) electrons. The van der Waals surface area contributed by atoms with E-state index in [0.717, 1.165) is 29.9 Å². The van der Waals surface area contributed by atoms with Gasteiger partial charge in [0, 0.05) is 5.56 Å². The summed E-state index contributed by atoms with van der Waals surface area (Å²) in [6, 6.07) is 3.83. The van der Waals surface area contributed by atoms with E-state index in [1.54, 1.807) is 0 Å². The first kappa shape index (κ1) is 19.2. The second-order valence-corrected chi connectivity index (χ2v) is 7.17. The molecule has 1 aliphatic carbocycles. The second-order valence-electron chi connectivity index (χ2n) is 7.17. The summed E-state index contributed by atoms with van der Waals surface area (Å²) in [7, 11) is 0. The zero-order chi connectivity index (χ0) is 19.7. The quantitative estimate of drug-likeness (QED) is 0.449. The Balaban J connectivity index is 1.66. The summed E-state index contributed by atoms with van der Waals surface area (Å²) in [5, 5.41) is 0. The summed E-state index contributed by atoms with van der Waals surface area (Å²) >= 11 is 0. The number of Topliss-reactive ketones (excluding diaryl/α,β-unsaturated/α-hetero) is 1. The van der Waals surface area contributed by atoms with Crippen molar-refractivity contribution in [3.63, 3.8) is 0 Å². The summed E-state index contributed by atoms with van der Waals surface area (Å²) in [4.78, 5) is 50.9. The first-order valence-corrected chi connectivity index (χ1v) is 9.18. The van der Waals surface area contributed by atoms with Crippen LogP contribution in [0.4, 0.5) is 4.39 Å². The monoisotopic (exact) mass is 375 g/mol. The highest BCUT2D eigenvalue weighted by molar-refractivity contribution is 6.08. The zero-order valence-corrected chi connectivity index (χ0v) is 15.3. The molecule has 27 heavy (non-hydrogen) atoms. The molecular formula is C20H22FNO5. The van der Waals surface area contributed by atoms with Crippen LogP contribution < -0.4 is 0 Å². The number of benzene rings is 1. The van der Waals surface area contributed by atoms with E-state index in [1.807, 2.05) is 0 Å². The molecule has 0 spiro atoms. The number of imide groups is 1. The molecule has 1 heterocycles. The minimum atomic E-state index is -1.11. The van der Waals surface area contributed by atoms with Crippen LogP contribution >= 0.6 is 0 Å². The number of hydrogen-bond donors (Lipinski definition) is 0. The van der Waals surface area contributed by atoms with Gasteiger partial charge in [-0.25, -0.2) is 9.18 Å². The lowest BCUT2D eigenvalue weighted by Gasteiger charge is -2.23. The Morgan fingerprint density at radius 2 is 1.56 bits per heavy atom. The Labute approximate surface area is 156 Å². The summed E-state index contributed by atoms with van der Waals surface area (Å²) in [6.45, 7) is 2.84. The van der Waals surface area contributed by atoms with E-state index in [1.165, 1.54) is 26.0 Å². The molecule has 4 atom stereocenters. The molecule has 0 N–H and O–H groups in total. The fourth-order valence-corrected chi connectivity index (χ4v) is 3.85. The number of ether oxygens (including phenoxy) is 1. The fraction of sp³-hybridized carbons (Fsp3) is 0.500. The molecular weight excluding hydrogens is 353 g/mol. The van der Waals surface area contributed by atoms with Crippen LogP contribution in [-0.2, 0) is 19.1 Å². The maximum Gasteiger partial charge on any atom is 0.329 e. The van der Waals surface area contributed by atoms with Gasteiger partial charge in [-0.3, -0.25) is 19.3 Å². The van der Waals surface area contributed by atoms with Crippen LogP contribution in [0, 0.1) is 17.7 Å². The highest BCUT2D eigenvalue weighted by Gasteiger charge is 2.51. The molecule has 1 aliphatic heterocycles. The van der Waals surface area contributed by atoms with Crippen LogP contribution in [0.2, 0.25) is 0 Å². The average Bonchev–Trinajstić information content (AvgIpc) is 2.92. The highest BCUT2D eigenvalue weighted by Crippen LogP contribution is 2.38. The van der Waals surface area contributed by atoms with Gasteiger partial charge in [0.1, 0.15) is 11.9 Å². The summed E-state index contributed by atoms with van der Waals surface area (Å²) in [5.41, 5.74) is 0.212. The maximum atomic E-state index is 13.0. The molecule has 2 aliphatic rings. The van der Waals surface area contributed by atoms with Gasteiger partial charge in [0.15, 0.2) is 6.10 Å². The number of rotatable bonds is 5. The lowest BCUT2D eigenvalue weighted by atomic mass is 9.81. The predicted molar refractivity (Wildman–Crippen MR) is 93.0 cm³/mol. The van der Waals surface area contributed by atoms with Crippen molar-refractivity contribution >= 4 is 23.6 Å². The molecule has 1 saturated heterocycles. The molecule has 1 aromatic rings. The molecule has 0 aromatic heterocycles. The van der Waals surface area contributed by atoms with Gasteiger partial charge >= 0.3 is 5.97 Å². The first-order chi connectivity index (χ1) is 12.8. The van der Waals surface area contributed by atoms with E-state index < -0.39 is 29.7 Å². The number of ketones is 1. The van der Waals surface area contributed by atoms with Gasteiger partial charge in [-0.05, 0) is 51.0 Å². The third-order valence-electron chi connectivity index (χ3n) is 5.39. The van der Waals surface area contributed by atoms with Crippen LogP contribution in [0.15, 0.2) is 24.3 Å². The van der Waals surface area contributed by atoms with Gasteiger partial charge in [0.05, 0.1) is 11.8 Å². The topological polar surface area (TPSA) is 80.8 Å². The minimum Gasteiger partial charge on any atom is -0.453 e. The van der Waals surface area contributed by atoms with Crippen molar-refractivity contribution in [2.24, 2.45) is 11.8 Å². The summed E-state index contributed by atoms with van der Waals surface area (Å²) in [6.07, 6.45) is 2.01. The molecule has 1 aromatic carbocycles. The first-order valence-electron chi connectivity index (χ1n) is 9.18. The van der Waals surface area contributed by atoms with E-state index in [-0.39, 0.29) is 29.2 Å². The van der Waals surface area contributed by atoms with Crippen LogP contribution in [-0.4, -0.2) is 40.6 Å². The van der Waals surface area contributed by atoms with Crippen molar-refractivity contribution in [3.05, 3.63) is 35.6 Å². The van der Waals surface area contributed by atoms with E-state index in [0.29, 0.717) is 12.8 Å². The van der Waals surface area contributed by atoms with Gasteiger partial charge in [-0.15, -0.1) is 0 Å². The number of carbonyl (C=O) groups excluding carboxylic acids is 4. The van der Waals surface area contributed by atoms with E-state index >= 15 is 0 Å². The molecule has 3 rings (SSSR count). The van der Waals surface area contributed by atoms with Crippen molar-refractivity contribution in [2.75, 3.05) is 0 Å². The summed E-state index contributed by atoms with van der Waals surface area (Å²) < 4.78 is 18.2. The molecule has 0 bridgehead atoms. The lowest BCUT2D eigenvalue weighted by molar-refractivity contribution is -0.159. The van der Waals surface area contributed by atoms with Crippen LogP contribution in [0.1, 0.15) is 49.9 Å². The van der Waals surface area contributed by atoms with Gasteiger partial charge < -0.3 is 4.74 Å². The second kappa shape index (κ2) is 7.58. The van der Waals surface area contributed by atoms with Crippen molar-refractivity contribution in [1.82, 2.24) is 4.90 Å². The Hall–Kier alpha value is -2.57. The SMILES string of the molecule is C[C@@H](OC(=O)[C@H](C)N1C(=O)[C@H]2CCCC[C@@H]2C1=O)C(=O)c1ccc(F)cc1. The highest BCUT2D eigenvalue weighted by atomic mass is 19.1. The number of halogens is 1. The number of nitrogens with zero attached hydrogens (tertiary/aromatic N) is 1. The average molecular weight is 375 g/mol. The standard InChI is InChI=1S/C20H22FNO5/c1-11(22-18(24)15-5-3-4-6-16(15)19(22)25)20(26)27-12(2)17(23)13-7-9-14(21)10-8-13/h7-12,15-16H,3-6H2,1-2H3/t11-,12+,15-,16-/m0/s1. The van der Waals surface area contributed by atoms with Crippen molar-refractivity contribution < 1.29 is 28.3 Å². The lowest BCUT2D eigenvalue weighted by Crippen LogP contribution is -2.45. The fourth-order valence-electron chi connectivity index (χ4n) is 3.85. The van der Waals surface area contributed by atoms with E-state index in [4.69, 9.17) is 4.74 Å². The molecule has 2 amide bonds. The van der Waals surface area contributed by atoms with Crippen molar-refractivity contribution in [2.45, 2.75) is 51.7 Å². The van der Waals surface area contributed by atoms with Crippen LogP contribution in [0.25, 0.3) is 0 Å². The number of amides is 2. The van der Waals surface area contributed by atoms with Crippen molar-refractivity contribution in [1.29, 1.82) is 0 Å². The molecule has 6 nitrogen and oxygen atoms in total. The minimum absolute atomic E-state index is 0.212. The Morgan fingerprint density at radius 1 is 1.04 bits per heavy atom. The number of likely N-dealkylation sites (tertiary alicyclic amines) is 1. The Kier molecular flexibility index (Phi) is 5.39. The number of hydrogen-bond acceptors (Lipinski definition) is 5. The normalized spacial score (nSPS) is 24.3. The van der Waals surface area contributed by atoms with E-state index in [9.17, 15) is 23.6 Å². The third kappa shape index (κ3) is 3.63. The number of carbonyl (C=O) groups is 4. The van der Waals surface area contributed by atoms with Gasteiger partial charge in [0.2, 0.25) is 17.6 Å². The van der Waals surface area contributed by atoms with Crippen LogP contribution in [0.5, 0.6) is 0 Å². The third-order valence-corrected chi connectivity index (χ3v) is 5.39. The Morgan fingerprint density at radius 3 is 2.07 bits per heavy atom. The molecule has 1 saturated carbocycles. The largest absolute Gasteiger partial charge is 0.453 e. The summed E-state index contributed by atoms with van der Waals surface area (Å²) in [5.74, 6) is -3.11. The number of esters is 1. The number of fused-ring (bicyclic) bond motifs is 1. The van der Waals surface area contributed by atoms with Gasteiger partial charge in [0.25, 0.3) is 0 Å². The molecule has 7 heteroatoms. The van der Waals surface area contributed by atoms with Crippen LogP contribution in [0.3, 0.4) is 0 Å². The zero-order valence-electron chi connectivity index (χ0n) is 15.3. The Bertz CT molecular complexity index is 751. The van der Waals surface area contributed by atoms with Crippen molar-refractivity contribution in [3.8, 4) is 0 Å². The van der Waals surface area contributed by atoms with E-state index in [2.05, 4.69) is 0 Å². The van der Waals surface area contributed by atoms with Gasteiger partial charge in [-0.1, -0.05) is 12.8 Å². The maximum absolute atomic E-state index is 13.0. The van der Waals surface area contributed by atoms with Gasteiger partial charge in [-0.2, -0.15) is 0 Å². The molecule has 144 valence electrons. The molecule has 0 unspecified atom stereocenters.